The van der Waals surface area contributed by atoms with Crippen molar-refractivity contribution >= 4 is 59.1 Å². The molecule has 0 radical (unpaired) electrons. The maximum Gasteiger partial charge on any atom is 0.0434 e. The highest BCUT2D eigenvalue weighted by Gasteiger charge is 2.28. The molecule has 0 amide bonds. The quantitative estimate of drug-likeness (QED) is 0.206. The molecule has 6 aromatic carbocycles. The van der Waals surface area contributed by atoms with E-state index in [1.807, 2.05) is 11.3 Å². The zero-order valence-electron chi connectivity index (χ0n) is 21.2. The first kappa shape index (κ1) is 21.8. The van der Waals surface area contributed by atoms with Crippen LogP contribution < -0.4 is 0 Å². The van der Waals surface area contributed by atoms with Crippen molar-refractivity contribution in [3.05, 3.63) is 138 Å². The molecule has 0 saturated heterocycles. The second-order valence-corrected chi connectivity index (χ2v) is 11.5. The highest BCUT2D eigenvalue weighted by Crippen LogP contribution is 2.50. The van der Waals surface area contributed by atoms with Gasteiger partial charge in [0.05, 0.1) is 0 Å². The topological polar surface area (TPSA) is 0 Å². The lowest BCUT2D eigenvalue weighted by molar-refractivity contribution is 0.677. The van der Waals surface area contributed by atoms with Crippen molar-refractivity contribution in [3.63, 3.8) is 0 Å². The molecule has 1 aliphatic rings. The van der Waals surface area contributed by atoms with Crippen molar-refractivity contribution in [3.8, 4) is 11.1 Å². The molecule has 1 aromatic heterocycles. The summed E-state index contributed by atoms with van der Waals surface area (Å²) < 4.78 is 2.72. The Kier molecular flexibility index (Phi) is 4.83. The Morgan fingerprint density at radius 1 is 0.553 bits per heavy atom. The lowest BCUT2D eigenvalue weighted by Gasteiger charge is -2.30. The van der Waals surface area contributed by atoms with Crippen LogP contribution >= 0.6 is 11.3 Å². The van der Waals surface area contributed by atoms with Crippen molar-refractivity contribution < 1.29 is 0 Å². The molecule has 180 valence electrons. The summed E-state index contributed by atoms with van der Waals surface area (Å²) in [6.07, 6.45) is 4.77. The van der Waals surface area contributed by atoms with Gasteiger partial charge in [0.2, 0.25) is 0 Å². The summed E-state index contributed by atoms with van der Waals surface area (Å²) in [4.78, 5) is 0. The van der Waals surface area contributed by atoms with Gasteiger partial charge in [-0.25, -0.2) is 0 Å². The Morgan fingerprint density at radius 2 is 1.16 bits per heavy atom. The maximum atomic E-state index is 2.44. The fraction of sp³-hybridized carbons (Fsp3) is 0.0811. The van der Waals surface area contributed by atoms with Gasteiger partial charge >= 0.3 is 0 Å². The molecule has 2 atom stereocenters. The van der Waals surface area contributed by atoms with Crippen molar-refractivity contribution in [1.82, 2.24) is 0 Å². The number of hydrogen-bond donors (Lipinski definition) is 0. The Hall–Kier alpha value is -4.20. The van der Waals surface area contributed by atoms with Gasteiger partial charge < -0.3 is 0 Å². The molecule has 1 aliphatic carbocycles. The van der Waals surface area contributed by atoms with Gasteiger partial charge in [0.25, 0.3) is 0 Å². The Balaban J connectivity index is 1.48. The normalized spacial score (nSPS) is 17.0. The first-order chi connectivity index (χ1) is 18.8. The van der Waals surface area contributed by atoms with Crippen LogP contribution in [0.3, 0.4) is 0 Å². The molecule has 0 N–H and O–H groups in total. The van der Waals surface area contributed by atoms with Crippen LogP contribution in [0.1, 0.15) is 35.4 Å². The maximum absolute atomic E-state index is 2.44. The number of rotatable bonds is 2. The zero-order valence-corrected chi connectivity index (χ0v) is 22.0. The number of allylic oxidation sites excluding steroid dienone is 1. The predicted octanol–water partition coefficient (Wildman–Crippen LogP) is 10.9. The van der Waals surface area contributed by atoms with E-state index in [2.05, 4.69) is 134 Å². The predicted molar refractivity (Wildman–Crippen MR) is 166 cm³/mol. The number of thiophene rings is 1. The summed E-state index contributed by atoms with van der Waals surface area (Å²) in [6.45, 7) is 2.39. The van der Waals surface area contributed by atoms with Crippen LogP contribution in [0.25, 0.3) is 58.9 Å². The molecule has 0 spiro atoms. The lowest BCUT2D eigenvalue weighted by atomic mass is 9.73. The van der Waals surface area contributed by atoms with E-state index in [1.54, 1.807) is 0 Å². The average Bonchev–Trinajstić information content (AvgIpc) is 3.36. The van der Waals surface area contributed by atoms with Crippen molar-refractivity contribution in [1.29, 1.82) is 0 Å². The Labute approximate surface area is 226 Å². The van der Waals surface area contributed by atoms with Crippen molar-refractivity contribution in [2.45, 2.75) is 18.8 Å². The van der Waals surface area contributed by atoms with E-state index in [1.165, 1.54) is 69.5 Å². The minimum Gasteiger partial charge on any atom is -0.135 e. The van der Waals surface area contributed by atoms with Crippen molar-refractivity contribution in [2.75, 3.05) is 0 Å². The molecular formula is C37H26S. The van der Waals surface area contributed by atoms with Gasteiger partial charge in [-0.15, -0.1) is 11.3 Å². The molecule has 2 unspecified atom stereocenters. The second-order valence-electron chi connectivity index (χ2n) is 10.5. The minimum atomic E-state index is 0.314. The third kappa shape index (κ3) is 3.09. The van der Waals surface area contributed by atoms with E-state index in [9.17, 15) is 0 Å². The second kappa shape index (κ2) is 8.41. The summed E-state index contributed by atoms with van der Waals surface area (Å²) in [5, 5.41) is 8.09. The molecule has 1 heterocycles. The summed E-state index contributed by atoms with van der Waals surface area (Å²) in [6, 6.07) is 42.7. The fourth-order valence-electron chi connectivity index (χ4n) is 6.75. The molecule has 8 rings (SSSR count). The summed E-state index contributed by atoms with van der Waals surface area (Å²) >= 11 is 1.91. The molecule has 0 saturated carbocycles. The SMILES string of the molecule is CC1c2ccccc2C=CC1c1c2ccccc2c(-c2cccc3c2sc2ccccc23)c2ccccc12. The Bertz CT molecular complexity index is 2000. The molecule has 0 fully saturated rings. The van der Waals surface area contributed by atoms with Crippen LogP contribution in [0.4, 0.5) is 0 Å². The van der Waals surface area contributed by atoms with Crippen molar-refractivity contribution in [2.24, 2.45) is 0 Å². The summed E-state index contributed by atoms with van der Waals surface area (Å²) in [5.41, 5.74) is 6.91. The summed E-state index contributed by atoms with van der Waals surface area (Å²) in [7, 11) is 0. The van der Waals surface area contributed by atoms with Gasteiger partial charge in [-0.05, 0) is 55.8 Å². The third-order valence-corrected chi connectivity index (χ3v) is 9.71. The third-order valence-electron chi connectivity index (χ3n) is 8.49. The van der Waals surface area contributed by atoms with Gasteiger partial charge in [-0.3, -0.25) is 0 Å². The van der Waals surface area contributed by atoms with E-state index >= 15 is 0 Å². The monoisotopic (exact) mass is 502 g/mol. The van der Waals surface area contributed by atoms with Crippen LogP contribution in [0.5, 0.6) is 0 Å². The molecule has 1 heteroatoms. The van der Waals surface area contributed by atoms with Gasteiger partial charge in [0.15, 0.2) is 0 Å². The highest BCUT2D eigenvalue weighted by molar-refractivity contribution is 7.26. The standard InChI is InChI=1S/C37H26S/c1-23-25-12-3-2-11-24(25)21-22-26(23)35-28-14-4-6-16-30(28)36(31-17-7-5-15-29(31)35)33-19-10-18-32-27-13-8-9-20-34(27)38-37(32)33/h2-23,26H,1H3. The van der Waals surface area contributed by atoms with E-state index in [0.717, 1.165) is 0 Å². The molecule has 0 nitrogen and oxygen atoms in total. The smallest absolute Gasteiger partial charge is 0.0434 e. The lowest BCUT2D eigenvalue weighted by Crippen LogP contribution is -2.12. The van der Waals surface area contributed by atoms with Crippen LogP contribution in [0.2, 0.25) is 0 Å². The van der Waals surface area contributed by atoms with Gasteiger partial charge in [0, 0.05) is 31.7 Å². The van der Waals surface area contributed by atoms with Gasteiger partial charge in [-0.1, -0.05) is 128 Å². The highest BCUT2D eigenvalue weighted by atomic mass is 32.1. The van der Waals surface area contributed by atoms with E-state index in [0.29, 0.717) is 11.8 Å². The van der Waals surface area contributed by atoms with Gasteiger partial charge in [-0.2, -0.15) is 0 Å². The molecular weight excluding hydrogens is 476 g/mol. The Morgan fingerprint density at radius 3 is 1.92 bits per heavy atom. The summed E-state index contributed by atoms with van der Waals surface area (Å²) in [5.74, 6) is 0.716. The first-order valence-electron chi connectivity index (χ1n) is 13.4. The average molecular weight is 503 g/mol. The molecule has 38 heavy (non-hydrogen) atoms. The largest absolute Gasteiger partial charge is 0.135 e. The molecule has 7 aromatic rings. The number of benzene rings is 6. The van der Waals surface area contributed by atoms with Gasteiger partial charge in [0.1, 0.15) is 0 Å². The number of fused-ring (bicyclic) bond motifs is 6. The van der Waals surface area contributed by atoms with E-state index in [-0.39, 0.29) is 0 Å². The first-order valence-corrected chi connectivity index (χ1v) is 14.2. The molecule has 0 aliphatic heterocycles. The van der Waals surface area contributed by atoms with Crippen LogP contribution in [-0.4, -0.2) is 0 Å². The fourth-order valence-corrected chi connectivity index (χ4v) is 7.97. The van der Waals surface area contributed by atoms with Crippen LogP contribution in [-0.2, 0) is 0 Å². The van der Waals surface area contributed by atoms with Crippen LogP contribution in [0, 0.1) is 0 Å². The van der Waals surface area contributed by atoms with E-state index in [4.69, 9.17) is 0 Å². The molecule has 0 bridgehead atoms. The minimum absolute atomic E-state index is 0.314. The van der Waals surface area contributed by atoms with Crippen LogP contribution in [0.15, 0.2) is 121 Å². The zero-order chi connectivity index (χ0) is 25.2. The van der Waals surface area contributed by atoms with E-state index < -0.39 is 0 Å². The number of hydrogen-bond acceptors (Lipinski definition) is 1.